The molecule has 4 aromatic rings. The lowest BCUT2D eigenvalue weighted by molar-refractivity contribution is -0.142. The summed E-state index contributed by atoms with van der Waals surface area (Å²) < 4.78 is 55.0. The number of benzene rings is 2. The Hall–Kier alpha value is -5.38. The molecule has 2 aromatic carbocycles. The molecule has 8 rings (SSSR count). The SMILES string of the molecule is CC(=O)N[C@H]1CCCCC/C=C\[C@H]2C[C@@]2(C(=O)NS(=O)(=O)C2CC2)NC(=O)[C@@H]2C[C@@H](Oc3nc(-c4ccc(C)cc4)nc4c3oc3ccc(F)cc34)CN2C1=O. The van der Waals surface area contributed by atoms with Crippen LogP contribution < -0.4 is 20.1 Å². The molecule has 14 nitrogen and oxygen atoms in total. The number of allylic oxidation sites excluding steroid dienone is 1. The molecule has 3 N–H and O–H groups in total. The highest BCUT2D eigenvalue weighted by Crippen LogP contribution is 2.46. The standard InChI is InChI=1S/C40H43FN6O8S/c1-22-10-12-24(13-11-22)35-43-33-29-18-26(41)14-17-32(29)55-34(33)37(44-35)54-27-19-31-36(49)45-40(39(51)46-56(52,53)28-15-16-28)20-25(40)8-6-4-3-5-7-9-30(42-23(2)48)38(50)47(31)21-27/h6,8,10-14,17-18,25,27-28,30-31H,3-5,7,9,15-16,19-21H2,1-2H3,(H,42,48)(H,45,49)(H,46,51)/b8-6-/t25-,27+,30-,31-,40+/m0/s1. The first-order valence-corrected chi connectivity index (χ1v) is 20.6. The number of hydrogen-bond donors (Lipinski definition) is 3. The van der Waals surface area contributed by atoms with Crippen molar-refractivity contribution in [2.75, 3.05) is 6.54 Å². The summed E-state index contributed by atoms with van der Waals surface area (Å²) in [6.45, 7) is 3.18. The van der Waals surface area contributed by atoms with Crippen LogP contribution in [0.4, 0.5) is 4.39 Å². The predicted molar refractivity (Wildman–Crippen MR) is 203 cm³/mol. The average Bonchev–Trinajstić information content (AvgIpc) is 4.06. The quantitative estimate of drug-likeness (QED) is 0.227. The molecule has 16 heteroatoms. The number of ether oxygens (including phenoxy) is 1. The van der Waals surface area contributed by atoms with Gasteiger partial charge in [-0.25, -0.2) is 17.8 Å². The molecule has 294 valence electrons. The molecule has 2 aliphatic heterocycles. The lowest BCUT2D eigenvalue weighted by atomic mass is 10.0. The highest BCUT2D eigenvalue weighted by molar-refractivity contribution is 7.91. The van der Waals surface area contributed by atoms with Gasteiger partial charge in [0.2, 0.25) is 33.3 Å². The second kappa shape index (κ2) is 14.6. The number of rotatable bonds is 7. The fourth-order valence-corrected chi connectivity index (χ4v) is 9.12. The minimum Gasteiger partial charge on any atom is -0.470 e. The number of nitrogens with zero attached hydrogens (tertiary/aromatic N) is 3. The molecule has 0 spiro atoms. The number of nitrogens with one attached hydrogen (secondary N) is 3. The van der Waals surface area contributed by atoms with Crippen molar-refractivity contribution in [2.24, 2.45) is 5.92 Å². The highest BCUT2D eigenvalue weighted by atomic mass is 32.2. The van der Waals surface area contributed by atoms with Gasteiger partial charge in [0.15, 0.2) is 5.82 Å². The molecule has 4 amide bonds. The van der Waals surface area contributed by atoms with E-state index >= 15 is 0 Å². The van der Waals surface area contributed by atoms with E-state index in [1.807, 2.05) is 43.3 Å². The van der Waals surface area contributed by atoms with Gasteiger partial charge in [-0.3, -0.25) is 23.9 Å². The van der Waals surface area contributed by atoms with E-state index in [0.29, 0.717) is 54.2 Å². The highest BCUT2D eigenvalue weighted by Gasteiger charge is 2.62. The Bertz CT molecular complexity index is 2380. The number of hydrogen-bond acceptors (Lipinski definition) is 10. The summed E-state index contributed by atoms with van der Waals surface area (Å²) in [4.78, 5) is 65.6. The second-order valence-electron chi connectivity index (χ2n) is 15.4. The van der Waals surface area contributed by atoms with Crippen molar-refractivity contribution in [2.45, 2.75) is 101 Å². The zero-order valence-corrected chi connectivity index (χ0v) is 31.9. The van der Waals surface area contributed by atoms with E-state index in [9.17, 15) is 32.0 Å². The normalized spacial score (nSPS) is 26.4. The molecule has 1 saturated heterocycles. The van der Waals surface area contributed by atoms with Gasteiger partial charge >= 0.3 is 0 Å². The van der Waals surface area contributed by atoms with Gasteiger partial charge < -0.3 is 24.7 Å². The number of aromatic nitrogens is 2. The van der Waals surface area contributed by atoms with Gasteiger partial charge in [-0.05, 0) is 63.6 Å². The number of sulfonamides is 1. The zero-order valence-electron chi connectivity index (χ0n) is 31.0. The summed E-state index contributed by atoms with van der Waals surface area (Å²) in [6.07, 6.45) is 7.23. The van der Waals surface area contributed by atoms with Crippen LogP contribution in [0.2, 0.25) is 0 Å². The molecule has 2 saturated carbocycles. The van der Waals surface area contributed by atoms with Gasteiger partial charge in [-0.15, -0.1) is 0 Å². The van der Waals surface area contributed by atoms with E-state index in [2.05, 4.69) is 15.4 Å². The van der Waals surface area contributed by atoms with Gasteiger partial charge in [0.05, 0.1) is 11.8 Å². The van der Waals surface area contributed by atoms with Crippen molar-refractivity contribution < 1.29 is 41.1 Å². The topological polar surface area (TPSA) is 190 Å². The molecular formula is C40H43FN6O8S. The molecular weight excluding hydrogens is 744 g/mol. The third-order valence-electron chi connectivity index (χ3n) is 11.1. The molecule has 0 radical (unpaired) electrons. The number of aryl methyl sites for hydroxylation is 1. The van der Waals surface area contributed by atoms with Crippen LogP contribution in [0.25, 0.3) is 33.5 Å². The summed E-state index contributed by atoms with van der Waals surface area (Å²) in [6, 6.07) is 9.49. The monoisotopic (exact) mass is 786 g/mol. The van der Waals surface area contributed by atoms with Crippen molar-refractivity contribution in [1.29, 1.82) is 0 Å². The second-order valence-corrected chi connectivity index (χ2v) is 17.3. The average molecular weight is 787 g/mol. The first-order valence-electron chi connectivity index (χ1n) is 19.1. The Morgan fingerprint density at radius 1 is 1.05 bits per heavy atom. The van der Waals surface area contributed by atoms with E-state index < -0.39 is 74.4 Å². The van der Waals surface area contributed by atoms with Gasteiger partial charge in [0.25, 0.3) is 11.8 Å². The molecule has 4 aliphatic rings. The van der Waals surface area contributed by atoms with Crippen LogP contribution in [0.3, 0.4) is 0 Å². The predicted octanol–water partition coefficient (Wildman–Crippen LogP) is 4.35. The molecule has 3 fully saturated rings. The lowest BCUT2D eigenvalue weighted by Crippen LogP contribution is -2.58. The van der Waals surface area contributed by atoms with E-state index in [-0.39, 0.29) is 36.7 Å². The molecule has 2 aromatic heterocycles. The Morgan fingerprint density at radius 3 is 2.59 bits per heavy atom. The van der Waals surface area contributed by atoms with Gasteiger partial charge in [0, 0.05) is 30.2 Å². The largest absolute Gasteiger partial charge is 0.470 e. The first kappa shape index (κ1) is 37.5. The summed E-state index contributed by atoms with van der Waals surface area (Å²) in [5.74, 6) is -3.01. The van der Waals surface area contributed by atoms with Gasteiger partial charge in [-0.2, -0.15) is 4.98 Å². The molecule has 4 heterocycles. The summed E-state index contributed by atoms with van der Waals surface area (Å²) in [5.41, 5.74) is 0.974. The molecule has 0 unspecified atom stereocenters. The number of halogens is 1. The van der Waals surface area contributed by atoms with E-state index in [4.69, 9.17) is 19.1 Å². The van der Waals surface area contributed by atoms with Crippen molar-refractivity contribution in [3.63, 3.8) is 0 Å². The van der Waals surface area contributed by atoms with Crippen molar-refractivity contribution in [3.8, 4) is 17.3 Å². The molecule has 0 bridgehead atoms. The summed E-state index contributed by atoms with van der Waals surface area (Å²) >= 11 is 0. The van der Waals surface area contributed by atoms with Crippen LogP contribution in [0, 0.1) is 18.7 Å². The van der Waals surface area contributed by atoms with Crippen LogP contribution in [0.5, 0.6) is 5.88 Å². The Morgan fingerprint density at radius 2 is 1.84 bits per heavy atom. The smallest absolute Gasteiger partial charge is 0.262 e. The summed E-state index contributed by atoms with van der Waals surface area (Å²) in [7, 11) is -3.92. The molecule has 2 aliphatic carbocycles. The number of carbonyl (C=O) groups excluding carboxylic acids is 4. The van der Waals surface area contributed by atoms with E-state index in [1.165, 1.54) is 30.0 Å². The third kappa shape index (κ3) is 7.45. The van der Waals surface area contributed by atoms with Crippen molar-refractivity contribution >= 4 is 55.7 Å². The first-order chi connectivity index (χ1) is 26.8. The third-order valence-corrected chi connectivity index (χ3v) is 12.9. The van der Waals surface area contributed by atoms with Crippen molar-refractivity contribution in [1.82, 2.24) is 30.2 Å². The van der Waals surface area contributed by atoms with Crippen LogP contribution in [-0.4, -0.2) is 82.4 Å². The minimum atomic E-state index is -3.92. The Labute approximate surface area is 322 Å². The maximum Gasteiger partial charge on any atom is 0.262 e. The van der Waals surface area contributed by atoms with Gasteiger partial charge in [0.1, 0.15) is 40.6 Å². The lowest BCUT2D eigenvalue weighted by Gasteiger charge is -2.29. The van der Waals surface area contributed by atoms with Gasteiger partial charge in [-0.1, -0.05) is 54.8 Å². The Kier molecular flexibility index (Phi) is 9.79. The Balaban J connectivity index is 1.15. The fourth-order valence-electron chi connectivity index (χ4n) is 7.75. The van der Waals surface area contributed by atoms with Crippen LogP contribution in [0.15, 0.2) is 59.0 Å². The number of carbonyl (C=O) groups is 4. The maximum atomic E-state index is 14.5. The number of furan rings is 1. The summed E-state index contributed by atoms with van der Waals surface area (Å²) in [5, 5.41) is 5.38. The fraction of sp³-hybridized carbons (Fsp3) is 0.450. The number of fused-ring (bicyclic) bond motifs is 5. The maximum absolute atomic E-state index is 14.5. The minimum absolute atomic E-state index is 0.0229. The van der Waals surface area contributed by atoms with Crippen LogP contribution >= 0.6 is 0 Å². The number of amides is 4. The van der Waals surface area contributed by atoms with Crippen LogP contribution in [-0.2, 0) is 29.2 Å². The molecule has 5 atom stereocenters. The zero-order chi connectivity index (χ0) is 39.4. The molecule has 56 heavy (non-hydrogen) atoms. The van der Waals surface area contributed by atoms with Crippen LogP contribution in [0.1, 0.15) is 70.3 Å². The van der Waals surface area contributed by atoms with E-state index in [0.717, 1.165) is 18.4 Å². The van der Waals surface area contributed by atoms with Crippen molar-refractivity contribution in [3.05, 3.63) is 66.0 Å². The van der Waals surface area contributed by atoms with E-state index in [1.54, 1.807) is 0 Å².